The molecule has 1 aromatic rings. The zero-order valence-corrected chi connectivity index (χ0v) is 12.0. The van der Waals surface area contributed by atoms with Crippen molar-refractivity contribution in [1.82, 2.24) is 15.2 Å². The fourth-order valence-corrected chi connectivity index (χ4v) is 1.67. The van der Waals surface area contributed by atoms with Crippen LogP contribution in [-0.4, -0.2) is 34.8 Å². The molecule has 1 aromatic heterocycles. The van der Waals surface area contributed by atoms with Gasteiger partial charge in [-0.1, -0.05) is 27.7 Å². The van der Waals surface area contributed by atoms with Crippen LogP contribution in [0.5, 0.6) is 0 Å². The van der Waals surface area contributed by atoms with E-state index in [9.17, 15) is 0 Å². The smallest absolute Gasteiger partial charge is 0.247 e. The molecule has 1 rings (SSSR count). The van der Waals surface area contributed by atoms with Crippen LogP contribution in [0.25, 0.3) is 0 Å². The van der Waals surface area contributed by atoms with Crippen molar-refractivity contribution in [2.75, 3.05) is 29.9 Å². The Hall–Kier alpha value is -1.39. The van der Waals surface area contributed by atoms with Crippen LogP contribution in [0.2, 0.25) is 0 Å². The Morgan fingerprint density at radius 1 is 1.22 bits per heavy atom. The van der Waals surface area contributed by atoms with E-state index in [1.54, 1.807) is 6.20 Å². The maximum Gasteiger partial charge on any atom is 0.247 e. The molecule has 0 unspecified atom stereocenters. The number of hydrogen-bond donors (Lipinski definition) is 1. The summed E-state index contributed by atoms with van der Waals surface area (Å²) in [5.74, 6) is 2.13. The van der Waals surface area contributed by atoms with Gasteiger partial charge in [0.05, 0.1) is 6.20 Å². The minimum atomic E-state index is 0.589. The maximum atomic E-state index is 4.52. The quantitative estimate of drug-likeness (QED) is 0.769. The lowest BCUT2D eigenvalue weighted by Gasteiger charge is -2.21. The monoisotopic (exact) mass is 251 g/mol. The van der Waals surface area contributed by atoms with Gasteiger partial charge in [-0.3, -0.25) is 0 Å². The van der Waals surface area contributed by atoms with Crippen molar-refractivity contribution in [2.24, 2.45) is 5.92 Å². The van der Waals surface area contributed by atoms with Crippen LogP contribution in [-0.2, 0) is 0 Å². The fraction of sp³-hybridized carbons (Fsp3) is 0.769. The van der Waals surface area contributed by atoms with E-state index in [2.05, 4.69) is 53.1 Å². The summed E-state index contributed by atoms with van der Waals surface area (Å²) < 4.78 is 0. The van der Waals surface area contributed by atoms with E-state index in [0.717, 1.165) is 44.2 Å². The molecule has 0 bridgehead atoms. The first-order valence-corrected chi connectivity index (χ1v) is 6.85. The van der Waals surface area contributed by atoms with Crippen molar-refractivity contribution in [1.29, 1.82) is 0 Å². The van der Waals surface area contributed by atoms with Crippen molar-refractivity contribution in [3.8, 4) is 0 Å². The van der Waals surface area contributed by atoms with Gasteiger partial charge in [0, 0.05) is 19.6 Å². The van der Waals surface area contributed by atoms with Crippen molar-refractivity contribution in [2.45, 2.75) is 40.5 Å². The first-order valence-electron chi connectivity index (χ1n) is 6.85. The molecule has 0 fully saturated rings. The Balaban J connectivity index is 2.71. The zero-order valence-electron chi connectivity index (χ0n) is 12.0. The Bertz CT molecular complexity index is 334. The number of hydrogen-bond acceptors (Lipinski definition) is 5. The summed E-state index contributed by atoms with van der Waals surface area (Å²) in [6.07, 6.45) is 3.86. The van der Waals surface area contributed by atoms with E-state index in [0.29, 0.717) is 5.92 Å². The molecular weight excluding hydrogens is 226 g/mol. The Labute approximate surface area is 110 Å². The van der Waals surface area contributed by atoms with Crippen molar-refractivity contribution < 1.29 is 0 Å². The highest BCUT2D eigenvalue weighted by Crippen LogP contribution is 2.10. The van der Waals surface area contributed by atoms with Gasteiger partial charge in [-0.15, -0.1) is 5.10 Å². The van der Waals surface area contributed by atoms with Gasteiger partial charge >= 0.3 is 0 Å². The molecule has 0 amide bonds. The number of nitrogens with zero attached hydrogens (tertiary/aromatic N) is 4. The van der Waals surface area contributed by atoms with Gasteiger partial charge in [-0.05, 0) is 18.8 Å². The maximum absolute atomic E-state index is 4.52. The van der Waals surface area contributed by atoms with Crippen molar-refractivity contribution in [3.05, 3.63) is 6.20 Å². The Morgan fingerprint density at radius 2 is 1.89 bits per heavy atom. The predicted octanol–water partition coefficient (Wildman–Crippen LogP) is 2.57. The minimum Gasteiger partial charge on any atom is -0.368 e. The van der Waals surface area contributed by atoms with Gasteiger partial charge in [-0.25, -0.2) is 0 Å². The first-order chi connectivity index (χ1) is 8.67. The van der Waals surface area contributed by atoms with E-state index in [-0.39, 0.29) is 0 Å². The van der Waals surface area contributed by atoms with Gasteiger partial charge < -0.3 is 10.2 Å². The standard InChI is InChI=1S/C13H25N5/c1-5-7-18(8-6-2)13-16-12(10-15-17-13)14-9-11(3)4/h10-11H,5-9H2,1-4H3,(H,14,16,17). The van der Waals surface area contributed by atoms with E-state index in [4.69, 9.17) is 0 Å². The van der Waals surface area contributed by atoms with Crippen LogP contribution < -0.4 is 10.2 Å². The average Bonchev–Trinajstić information content (AvgIpc) is 2.36. The zero-order chi connectivity index (χ0) is 13.4. The van der Waals surface area contributed by atoms with Crippen LogP contribution in [0.3, 0.4) is 0 Å². The molecule has 0 saturated heterocycles. The Morgan fingerprint density at radius 3 is 2.44 bits per heavy atom. The molecule has 0 spiro atoms. The second kappa shape index (κ2) is 7.84. The lowest BCUT2D eigenvalue weighted by atomic mass is 10.2. The summed E-state index contributed by atoms with van der Waals surface area (Å²) in [6.45, 7) is 11.5. The van der Waals surface area contributed by atoms with Crippen LogP contribution in [0, 0.1) is 5.92 Å². The molecule has 18 heavy (non-hydrogen) atoms. The highest BCUT2D eigenvalue weighted by molar-refractivity contribution is 5.38. The van der Waals surface area contributed by atoms with Gasteiger partial charge in [0.25, 0.3) is 0 Å². The Kier molecular flexibility index (Phi) is 6.39. The summed E-state index contributed by atoms with van der Waals surface area (Å²) in [4.78, 5) is 6.71. The third-order valence-electron chi connectivity index (χ3n) is 2.51. The lowest BCUT2D eigenvalue weighted by Crippen LogP contribution is -2.27. The third-order valence-corrected chi connectivity index (χ3v) is 2.51. The van der Waals surface area contributed by atoms with Crippen LogP contribution in [0.4, 0.5) is 11.8 Å². The highest BCUT2D eigenvalue weighted by Gasteiger charge is 2.09. The van der Waals surface area contributed by atoms with Gasteiger partial charge in [0.1, 0.15) is 0 Å². The topological polar surface area (TPSA) is 53.9 Å². The second-order valence-electron chi connectivity index (χ2n) is 4.90. The molecule has 0 aliphatic carbocycles. The SMILES string of the molecule is CCCN(CCC)c1nncc(NCC(C)C)n1. The van der Waals surface area contributed by atoms with Gasteiger partial charge in [0.15, 0.2) is 5.82 Å². The summed E-state index contributed by atoms with van der Waals surface area (Å²) in [5.41, 5.74) is 0. The predicted molar refractivity (Wildman–Crippen MR) is 75.9 cm³/mol. The third kappa shape index (κ3) is 4.85. The number of nitrogens with one attached hydrogen (secondary N) is 1. The molecule has 5 heteroatoms. The molecule has 0 saturated carbocycles. The highest BCUT2D eigenvalue weighted by atomic mass is 15.3. The van der Waals surface area contributed by atoms with Crippen molar-refractivity contribution in [3.63, 3.8) is 0 Å². The lowest BCUT2D eigenvalue weighted by molar-refractivity contribution is 0.682. The van der Waals surface area contributed by atoms with Gasteiger partial charge in [-0.2, -0.15) is 10.1 Å². The van der Waals surface area contributed by atoms with E-state index in [1.807, 2.05) is 0 Å². The molecule has 102 valence electrons. The molecule has 1 N–H and O–H groups in total. The van der Waals surface area contributed by atoms with E-state index < -0.39 is 0 Å². The summed E-state index contributed by atoms with van der Waals surface area (Å²) in [7, 11) is 0. The molecule has 0 radical (unpaired) electrons. The van der Waals surface area contributed by atoms with Crippen LogP contribution in [0.1, 0.15) is 40.5 Å². The van der Waals surface area contributed by atoms with Crippen LogP contribution >= 0.6 is 0 Å². The minimum absolute atomic E-state index is 0.589. The first kappa shape index (κ1) is 14.7. The largest absolute Gasteiger partial charge is 0.368 e. The van der Waals surface area contributed by atoms with E-state index in [1.165, 1.54) is 0 Å². The van der Waals surface area contributed by atoms with Crippen molar-refractivity contribution >= 4 is 11.8 Å². The fourth-order valence-electron chi connectivity index (χ4n) is 1.67. The summed E-state index contributed by atoms with van der Waals surface area (Å²) in [5, 5.41) is 11.4. The summed E-state index contributed by atoms with van der Waals surface area (Å²) in [6, 6.07) is 0. The second-order valence-corrected chi connectivity index (χ2v) is 4.90. The number of aromatic nitrogens is 3. The molecule has 5 nitrogen and oxygen atoms in total. The normalized spacial score (nSPS) is 10.7. The molecular formula is C13H25N5. The molecule has 1 heterocycles. The van der Waals surface area contributed by atoms with E-state index >= 15 is 0 Å². The average molecular weight is 251 g/mol. The van der Waals surface area contributed by atoms with Gasteiger partial charge in [0.2, 0.25) is 5.95 Å². The molecule has 0 aromatic carbocycles. The number of anilines is 2. The molecule has 0 aliphatic rings. The number of rotatable bonds is 8. The molecule has 0 aliphatic heterocycles. The summed E-state index contributed by atoms with van der Waals surface area (Å²) >= 11 is 0. The molecule has 0 atom stereocenters. The van der Waals surface area contributed by atoms with Crippen LogP contribution in [0.15, 0.2) is 6.20 Å².